The maximum atomic E-state index is 11.3. The van der Waals surface area contributed by atoms with Crippen LogP contribution in [0.15, 0.2) is 0 Å². The van der Waals surface area contributed by atoms with Crippen molar-refractivity contribution in [3.05, 3.63) is 0 Å². The highest BCUT2D eigenvalue weighted by molar-refractivity contribution is 5.77. The standard InChI is InChI=1S/C11H20N2O/c1-11(2)9(6-7-10(14)13-11)12-8-4-3-5-8/h8-9,12H,3-7H2,1-2H3,(H,13,14). The second kappa shape index (κ2) is 3.54. The zero-order valence-corrected chi connectivity index (χ0v) is 9.10. The molecule has 3 nitrogen and oxygen atoms in total. The molecule has 1 aliphatic carbocycles. The van der Waals surface area contributed by atoms with Crippen LogP contribution in [0.1, 0.15) is 46.0 Å². The molecule has 0 spiro atoms. The fourth-order valence-electron chi connectivity index (χ4n) is 2.30. The quantitative estimate of drug-likeness (QED) is 0.696. The Hall–Kier alpha value is -0.570. The molecule has 2 aliphatic rings. The van der Waals surface area contributed by atoms with Crippen LogP contribution < -0.4 is 10.6 Å². The normalized spacial score (nSPS) is 32.1. The monoisotopic (exact) mass is 196 g/mol. The minimum absolute atomic E-state index is 0.0784. The van der Waals surface area contributed by atoms with E-state index in [4.69, 9.17) is 0 Å². The summed E-state index contributed by atoms with van der Waals surface area (Å²) in [7, 11) is 0. The topological polar surface area (TPSA) is 41.1 Å². The van der Waals surface area contributed by atoms with Crippen LogP contribution in [0.2, 0.25) is 0 Å². The van der Waals surface area contributed by atoms with Crippen LogP contribution in [0.5, 0.6) is 0 Å². The molecule has 1 unspecified atom stereocenters. The van der Waals surface area contributed by atoms with Crippen LogP contribution in [0, 0.1) is 0 Å². The van der Waals surface area contributed by atoms with Gasteiger partial charge in [0.1, 0.15) is 0 Å². The highest BCUT2D eigenvalue weighted by atomic mass is 16.1. The van der Waals surface area contributed by atoms with Crippen molar-refractivity contribution in [1.29, 1.82) is 0 Å². The van der Waals surface area contributed by atoms with Gasteiger partial charge in [-0.3, -0.25) is 4.79 Å². The Morgan fingerprint density at radius 1 is 1.36 bits per heavy atom. The summed E-state index contributed by atoms with van der Waals surface area (Å²) in [6.45, 7) is 4.22. The minimum Gasteiger partial charge on any atom is -0.350 e. The molecule has 1 saturated carbocycles. The Morgan fingerprint density at radius 2 is 2.07 bits per heavy atom. The third-order valence-corrected chi connectivity index (χ3v) is 3.53. The van der Waals surface area contributed by atoms with Gasteiger partial charge < -0.3 is 10.6 Å². The van der Waals surface area contributed by atoms with E-state index in [1.54, 1.807) is 0 Å². The maximum absolute atomic E-state index is 11.3. The molecule has 0 radical (unpaired) electrons. The molecular weight excluding hydrogens is 176 g/mol. The fourth-order valence-corrected chi connectivity index (χ4v) is 2.30. The Morgan fingerprint density at radius 3 is 2.57 bits per heavy atom. The Labute approximate surface area is 85.6 Å². The van der Waals surface area contributed by atoms with E-state index in [9.17, 15) is 4.79 Å². The van der Waals surface area contributed by atoms with Crippen molar-refractivity contribution in [3.63, 3.8) is 0 Å². The van der Waals surface area contributed by atoms with E-state index in [1.807, 2.05) is 0 Å². The van der Waals surface area contributed by atoms with Gasteiger partial charge in [-0.15, -0.1) is 0 Å². The molecule has 1 aliphatic heterocycles. The lowest BCUT2D eigenvalue weighted by molar-refractivity contribution is -0.125. The minimum atomic E-state index is -0.0784. The first-order chi connectivity index (χ1) is 6.58. The van der Waals surface area contributed by atoms with Gasteiger partial charge in [-0.05, 0) is 33.1 Å². The second-order valence-corrected chi connectivity index (χ2v) is 5.16. The number of piperidine rings is 1. The van der Waals surface area contributed by atoms with Gasteiger partial charge in [0.15, 0.2) is 0 Å². The van der Waals surface area contributed by atoms with E-state index in [1.165, 1.54) is 19.3 Å². The van der Waals surface area contributed by atoms with Crippen molar-refractivity contribution < 1.29 is 4.79 Å². The molecule has 0 aromatic rings. The number of amides is 1. The Bertz CT molecular complexity index is 233. The zero-order chi connectivity index (χ0) is 10.2. The first-order valence-electron chi connectivity index (χ1n) is 5.65. The molecule has 3 heteroatoms. The van der Waals surface area contributed by atoms with E-state index in [0.717, 1.165) is 6.42 Å². The third kappa shape index (κ3) is 1.92. The molecule has 80 valence electrons. The van der Waals surface area contributed by atoms with Gasteiger partial charge in [-0.1, -0.05) is 6.42 Å². The lowest BCUT2D eigenvalue weighted by Gasteiger charge is -2.43. The van der Waals surface area contributed by atoms with E-state index in [0.29, 0.717) is 18.5 Å². The summed E-state index contributed by atoms with van der Waals surface area (Å²) >= 11 is 0. The van der Waals surface area contributed by atoms with E-state index in [-0.39, 0.29) is 11.4 Å². The number of hydrogen-bond acceptors (Lipinski definition) is 2. The lowest BCUT2D eigenvalue weighted by Crippen LogP contribution is -2.63. The van der Waals surface area contributed by atoms with Crippen molar-refractivity contribution in [3.8, 4) is 0 Å². The van der Waals surface area contributed by atoms with Crippen LogP contribution in [-0.2, 0) is 4.79 Å². The van der Waals surface area contributed by atoms with E-state index >= 15 is 0 Å². The molecular formula is C11H20N2O. The first-order valence-corrected chi connectivity index (χ1v) is 5.65. The summed E-state index contributed by atoms with van der Waals surface area (Å²) in [5.41, 5.74) is -0.0784. The van der Waals surface area contributed by atoms with E-state index < -0.39 is 0 Å². The smallest absolute Gasteiger partial charge is 0.220 e. The van der Waals surface area contributed by atoms with E-state index in [2.05, 4.69) is 24.5 Å². The first kappa shape index (κ1) is 9.97. The van der Waals surface area contributed by atoms with Gasteiger partial charge in [0.05, 0.1) is 0 Å². The van der Waals surface area contributed by atoms with Gasteiger partial charge >= 0.3 is 0 Å². The van der Waals surface area contributed by atoms with Crippen LogP contribution in [0.3, 0.4) is 0 Å². The second-order valence-electron chi connectivity index (χ2n) is 5.16. The predicted molar refractivity (Wildman–Crippen MR) is 56.0 cm³/mol. The summed E-state index contributed by atoms with van der Waals surface area (Å²) in [4.78, 5) is 11.3. The number of hydrogen-bond donors (Lipinski definition) is 2. The molecule has 0 bridgehead atoms. The number of carbonyl (C=O) groups excluding carboxylic acids is 1. The van der Waals surface area contributed by atoms with Crippen LogP contribution in [0.4, 0.5) is 0 Å². The van der Waals surface area contributed by atoms with Gasteiger partial charge in [0.2, 0.25) is 5.91 Å². The highest BCUT2D eigenvalue weighted by Gasteiger charge is 2.37. The molecule has 1 amide bonds. The Balaban J connectivity index is 1.92. The molecule has 2 fully saturated rings. The predicted octanol–water partition coefficient (Wildman–Crippen LogP) is 1.19. The fraction of sp³-hybridized carbons (Fsp3) is 0.909. The van der Waals surface area contributed by atoms with Crippen LogP contribution >= 0.6 is 0 Å². The van der Waals surface area contributed by atoms with Gasteiger partial charge in [0, 0.05) is 24.0 Å². The van der Waals surface area contributed by atoms with Gasteiger partial charge in [-0.25, -0.2) is 0 Å². The van der Waals surface area contributed by atoms with Crippen LogP contribution in [-0.4, -0.2) is 23.5 Å². The van der Waals surface area contributed by atoms with Crippen molar-refractivity contribution in [2.24, 2.45) is 0 Å². The zero-order valence-electron chi connectivity index (χ0n) is 9.10. The summed E-state index contributed by atoms with van der Waals surface area (Å²) in [5, 5.41) is 6.71. The number of rotatable bonds is 2. The molecule has 0 aromatic carbocycles. The lowest BCUT2D eigenvalue weighted by atomic mass is 9.84. The van der Waals surface area contributed by atoms with Crippen molar-refractivity contribution in [2.75, 3.05) is 0 Å². The molecule has 1 atom stereocenters. The summed E-state index contributed by atoms with van der Waals surface area (Å²) < 4.78 is 0. The molecule has 1 saturated heterocycles. The number of nitrogens with one attached hydrogen (secondary N) is 2. The van der Waals surface area contributed by atoms with Crippen molar-refractivity contribution >= 4 is 5.91 Å². The summed E-state index contributed by atoms with van der Waals surface area (Å²) in [6.07, 6.45) is 5.63. The molecule has 1 heterocycles. The van der Waals surface area contributed by atoms with Gasteiger partial charge in [-0.2, -0.15) is 0 Å². The summed E-state index contributed by atoms with van der Waals surface area (Å²) in [5.74, 6) is 0.196. The average molecular weight is 196 g/mol. The average Bonchev–Trinajstić information content (AvgIpc) is 1.97. The van der Waals surface area contributed by atoms with Gasteiger partial charge in [0.25, 0.3) is 0 Å². The molecule has 2 rings (SSSR count). The van der Waals surface area contributed by atoms with Crippen molar-refractivity contribution in [1.82, 2.24) is 10.6 Å². The Kier molecular flexibility index (Phi) is 2.52. The number of carbonyl (C=O) groups is 1. The summed E-state index contributed by atoms with van der Waals surface area (Å²) in [6, 6.07) is 1.15. The molecule has 0 aromatic heterocycles. The third-order valence-electron chi connectivity index (χ3n) is 3.53. The molecule has 14 heavy (non-hydrogen) atoms. The van der Waals surface area contributed by atoms with Crippen molar-refractivity contribution in [2.45, 2.75) is 63.6 Å². The SMILES string of the molecule is CC1(C)NC(=O)CCC1NC1CCC1. The molecule has 2 N–H and O–H groups in total. The van der Waals surface area contributed by atoms with Crippen LogP contribution in [0.25, 0.3) is 0 Å². The highest BCUT2D eigenvalue weighted by Crippen LogP contribution is 2.25. The largest absolute Gasteiger partial charge is 0.350 e. The maximum Gasteiger partial charge on any atom is 0.220 e.